The first-order valence-electron chi connectivity index (χ1n) is 5.83. The van der Waals surface area contributed by atoms with E-state index in [9.17, 15) is 18.7 Å². The molecule has 106 valence electrons. The molecule has 0 aliphatic rings. The second-order valence-corrected chi connectivity index (χ2v) is 5.85. The molecule has 1 aromatic carbocycles. The summed E-state index contributed by atoms with van der Waals surface area (Å²) in [5.41, 5.74) is -1.12. The molecule has 0 saturated heterocycles. The fraction of sp³-hybridized carbons (Fsp3) is 0.462. The third-order valence-corrected chi connectivity index (χ3v) is 3.81. The summed E-state index contributed by atoms with van der Waals surface area (Å²) in [6.45, 7) is 5.27. The smallest absolute Gasteiger partial charge is 0.324 e. The van der Waals surface area contributed by atoms with Crippen LogP contribution in [0.15, 0.2) is 23.1 Å². The fourth-order valence-electron chi connectivity index (χ4n) is 1.60. The third kappa shape index (κ3) is 4.47. The summed E-state index contributed by atoms with van der Waals surface area (Å²) in [6.07, 6.45) is 0. The summed E-state index contributed by atoms with van der Waals surface area (Å²) < 4.78 is 25.8. The Morgan fingerprint density at radius 2 is 2.05 bits per heavy atom. The molecule has 0 aliphatic heterocycles. The number of hydrogen-bond acceptors (Lipinski definition) is 3. The number of rotatable bonds is 6. The van der Waals surface area contributed by atoms with Gasteiger partial charge in [-0.3, -0.25) is 10.1 Å². The summed E-state index contributed by atoms with van der Waals surface area (Å²) in [6, 6.07) is 3.54. The van der Waals surface area contributed by atoms with E-state index in [-0.39, 0.29) is 11.8 Å². The number of thioether (sulfide) groups is 1. The molecule has 0 aliphatic carbocycles. The maximum atomic E-state index is 13.0. The van der Waals surface area contributed by atoms with Gasteiger partial charge in [0.2, 0.25) is 0 Å². The van der Waals surface area contributed by atoms with E-state index in [4.69, 9.17) is 0 Å². The van der Waals surface area contributed by atoms with Gasteiger partial charge in [-0.2, -0.15) is 0 Å². The van der Waals surface area contributed by atoms with Crippen molar-refractivity contribution >= 4 is 17.7 Å². The third-order valence-electron chi connectivity index (χ3n) is 2.50. The predicted molar refractivity (Wildman–Crippen MR) is 71.4 cm³/mol. The van der Waals surface area contributed by atoms with Crippen LogP contribution in [-0.4, -0.2) is 28.4 Å². The van der Waals surface area contributed by atoms with Crippen molar-refractivity contribution < 1.29 is 18.7 Å². The highest BCUT2D eigenvalue weighted by atomic mass is 32.2. The Hall–Kier alpha value is -1.14. The Morgan fingerprint density at radius 3 is 2.53 bits per heavy atom. The van der Waals surface area contributed by atoms with Crippen LogP contribution >= 0.6 is 11.8 Å². The average molecular weight is 289 g/mol. The molecule has 0 radical (unpaired) electrons. The van der Waals surface area contributed by atoms with Crippen LogP contribution in [0.4, 0.5) is 8.78 Å². The van der Waals surface area contributed by atoms with Gasteiger partial charge in [0, 0.05) is 16.7 Å². The van der Waals surface area contributed by atoms with Gasteiger partial charge >= 0.3 is 5.97 Å². The highest BCUT2D eigenvalue weighted by Crippen LogP contribution is 2.24. The zero-order valence-electron chi connectivity index (χ0n) is 11.0. The van der Waals surface area contributed by atoms with Crippen molar-refractivity contribution in [3.05, 3.63) is 29.8 Å². The summed E-state index contributed by atoms with van der Waals surface area (Å²) in [5, 5.41) is 12.2. The first-order chi connectivity index (χ1) is 8.74. The van der Waals surface area contributed by atoms with E-state index in [2.05, 4.69) is 5.32 Å². The quantitative estimate of drug-likeness (QED) is 0.791. The lowest BCUT2D eigenvalue weighted by Crippen LogP contribution is -2.54. The molecule has 1 aromatic rings. The SMILES string of the molecule is CC(C)NC(C)(CSc1ccc(F)c(F)c1)C(=O)O. The largest absolute Gasteiger partial charge is 0.480 e. The van der Waals surface area contributed by atoms with Gasteiger partial charge < -0.3 is 5.11 Å². The fourth-order valence-corrected chi connectivity index (χ4v) is 2.61. The Kier molecular flexibility index (Phi) is 5.31. The van der Waals surface area contributed by atoms with E-state index in [0.29, 0.717) is 4.90 Å². The van der Waals surface area contributed by atoms with Crippen molar-refractivity contribution in [2.45, 2.75) is 37.2 Å². The van der Waals surface area contributed by atoms with Crippen molar-refractivity contribution in [1.29, 1.82) is 0 Å². The number of carbonyl (C=O) groups is 1. The number of carboxylic acid groups (broad SMARTS) is 1. The van der Waals surface area contributed by atoms with Crippen LogP contribution in [0.25, 0.3) is 0 Å². The topological polar surface area (TPSA) is 49.3 Å². The van der Waals surface area contributed by atoms with E-state index >= 15 is 0 Å². The lowest BCUT2D eigenvalue weighted by Gasteiger charge is -2.28. The van der Waals surface area contributed by atoms with Gasteiger partial charge in [0.25, 0.3) is 0 Å². The molecular formula is C13H17F2NO2S. The minimum atomic E-state index is -1.12. The van der Waals surface area contributed by atoms with Gasteiger partial charge in [-0.05, 0) is 39.0 Å². The van der Waals surface area contributed by atoms with E-state index in [1.807, 2.05) is 13.8 Å². The van der Waals surface area contributed by atoms with Crippen LogP contribution in [0.2, 0.25) is 0 Å². The van der Waals surface area contributed by atoms with Gasteiger partial charge in [-0.1, -0.05) is 0 Å². The number of carboxylic acids is 1. The lowest BCUT2D eigenvalue weighted by atomic mass is 10.1. The summed E-state index contributed by atoms with van der Waals surface area (Å²) in [5.74, 6) is -2.60. The van der Waals surface area contributed by atoms with E-state index in [1.165, 1.54) is 17.8 Å². The van der Waals surface area contributed by atoms with Crippen molar-refractivity contribution in [3.63, 3.8) is 0 Å². The second-order valence-electron chi connectivity index (χ2n) is 4.80. The summed E-state index contributed by atoms with van der Waals surface area (Å²) in [4.78, 5) is 11.8. The molecule has 0 heterocycles. The van der Waals surface area contributed by atoms with Crippen molar-refractivity contribution in [2.24, 2.45) is 0 Å². The molecule has 2 N–H and O–H groups in total. The minimum absolute atomic E-state index is 0.00616. The number of aliphatic carboxylic acids is 1. The van der Waals surface area contributed by atoms with Crippen molar-refractivity contribution in [3.8, 4) is 0 Å². The standard InChI is InChI=1S/C13H17F2NO2S/c1-8(2)16-13(3,12(17)18)7-19-9-4-5-10(14)11(15)6-9/h4-6,8,16H,7H2,1-3H3,(H,17,18). The molecule has 1 atom stereocenters. The van der Waals surface area contributed by atoms with Crippen LogP contribution in [0.5, 0.6) is 0 Å². The number of hydrogen-bond donors (Lipinski definition) is 2. The van der Waals surface area contributed by atoms with Crippen LogP contribution in [-0.2, 0) is 4.79 Å². The Balaban J connectivity index is 2.76. The zero-order valence-corrected chi connectivity index (χ0v) is 11.9. The van der Waals surface area contributed by atoms with Gasteiger partial charge in [-0.25, -0.2) is 8.78 Å². The van der Waals surface area contributed by atoms with Gasteiger partial charge in [0.15, 0.2) is 11.6 Å². The number of halogens is 2. The summed E-state index contributed by atoms with van der Waals surface area (Å²) >= 11 is 1.17. The van der Waals surface area contributed by atoms with Crippen molar-refractivity contribution in [1.82, 2.24) is 5.32 Å². The molecular weight excluding hydrogens is 272 g/mol. The Bertz CT molecular complexity index is 468. The van der Waals surface area contributed by atoms with E-state index in [1.54, 1.807) is 6.92 Å². The maximum absolute atomic E-state index is 13.0. The Labute approximate surface area is 115 Å². The minimum Gasteiger partial charge on any atom is -0.480 e. The van der Waals surface area contributed by atoms with E-state index in [0.717, 1.165) is 12.1 Å². The molecule has 19 heavy (non-hydrogen) atoms. The molecule has 0 fully saturated rings. The highest BCUT2D eigenvalue weighted by molar-refractivity contribution is 7.99. The normalized spacial score (nSPS) is 14.4. The first kappa shape index (κ1) is 15.9. The lowest BCUT2D eigenvalue weighted by molar-refractivity contribution is -0.143. The molecule has 0 bridgehead atoms. The second kappa shape index (κ2) is 6.34. The summed E-state index contributed by atoms with van der Waals surface area (Å²) in [7, 11) is 0. The van der Waals surface area contributed by atoms with Gasteiger partial charge in [-0.15, -0.1) is 11.8 Å². The molecule has 0 spiro atoms. The van der Waals surface area contributed by atoms with Crippen molar-refractivity contribution in [2.75, 3.05) is 5.75 Å². The van der Waals surface area contributed by atoms with Gasteiger partial charge in [0.1, 0.15) is 5.54 Å². The average Bonchev–Trinajstić information content (AvgIpc) is 2.29. The molecule has 6 heteroatoms. The highest BCUT2D eigenvalue weighted by Gasteiger charge is 2.33. The molecule has 0 saturated carbocycles. The Morgan fingerprint density at radius 1 is 1.42 bits per heavy atom. The van der Waals surface area contributed by atoms with Crippen LogP contribution < -0.4 is 5.32 Å². The molecule has 1 unspecified atom stereocenters. The first-order valence-corrected chi connectivity index (χ1v) is 6.82. The predicted octanol–water partition coefficient (Wildman–Crippen LogP) is 2.90. The molecule has 0 aromatic heterocycles. The van der Waals surface area contributed by atoms with Crippen LogP contribution in [0.3, 0.4) is 0 Å². The van der Waals surface area contributed by atoms with Crippen LogP contribution in [0, 0.1) is 11.6 Å². The molecule has 3 nitrogen and oxygen atoms in total. The number of benzene rings is 1. The number of nitrogens with one attached hydrogen (secondary N) is 1. The molecule has 0 amide bonds. The maximum Gasteiger partial charge on any atom is 0.324 e. The van der Waals surface area contributed by atoms with E-state index < -0.39 is 23.1 Å². The zero-order chi connectivity index (χ0) is 14.6. The van der Waals surface area contributed by atoms with Gasteiger partial charge in [0.05, 0.1) is 0 Å². The molecule has 1 rings (SSSR count). The van der Waals surface area contributed by atoms with Crippen LogP contribution in [0.1, 0.15) is 20.8 Å². The monoisotopic (exact) mass is 289 g/mol.